The highest BCUT2D eigenvalue weighted by atomic mass is 16.5. The molecule has 0 amide bonds. The van der Waals surface area contributed by atoms with Gasteiger partial charge in [0.15, 0.2) is 0 Å². The van der Waals surface area contributed by atoms with Crippen molar-refractivity contribution in [1.29, 1.82) is 0 Å². The number of aliphatic hydroxyl groups excluding tert-OH is 1. The van der Waals surface area contributed by atoms with Gasteiger partial charge in [-0.15, -0.1) is 0 Å². The van der Waals surface area contributed by atoms with Crippen molar-refractivity contribution < 1.29 is 9.84 Å². The van der Waals surface area contributed by atoms with Gasteiger partial charge >= 0.3 is 0 Å². The van der Waals surface area contributed by atoms with Gasteiger partial charge in [0, 0.05) is 13.0 Å². The standard InChI is InChI=1S/C12H19NO2/c1-9-4-3-5-12(10(9)2)15-7-6-11(14)8-13/h3-5,11,14H,6-8,13H2,1-2H3. The van der Waals surface area contributed by atoms with E-state index in [0.29, 0.717) is 13.0 Å². The van der Waals surface area contributed by atoms with Crippen molar-refractivity contribution in [3.05, 3.63) is 29.3 Å². The third kappa shape index (κ3) is 3.53. The number of rotatable bonds is 5. The fraction of sp³-hybridized carbons (Fsp3) is 0.500. The van der Waals surface area contributed by atoms with E-state index in [0.717, 1.165) is 11.3 Å². The molecule has 84 valence electrons. The summed E-state index contributed by atoms with van der Waals surface area (Å²) in [4.78, 5) is 0. The number of nitrogens with two attached hydrogens (primary N) is 1. The lowest BCUT2D eigenvalue weighted by Crippen LogP contribution is -2.22. The van der Waals surface area contributed by atoms with E-state index in [1.54, 1.807) is 0 Å². The lowest BCUT2D eigenvalue weighted by atomic mass is 10.1. The minimum absolute atomic E-state index is 0.288. The summed E-state index contributed by atoms with van der Waals surface area (Å²) in [5.41, 5.74) is 7.67. The third-order valence-corrected chi connectivity index (χ3v) is 2.54. The zero-order chi connectivity index (χ0) is 11.3. The molecule has 0 aliphatic heterocycles. The normalized spacial score (nSPS) is 12.5. The quantitative estimate of drug-likeness (QED) is 0.770. The lowest BCUT2D eigenvalue weighted by Gasteiger charge is -2.12. The molecule has 0 aliphatic carbocycles. The van der Waals surface area contributed by atoms with Crippen LogP contribution in [0.25, 0.3) is 0 Å². The molecule has 3 N–H and O–H groups in total. The second kappa shape index (κ2) is 5.73. The molecule has 15 heavy (non-hydrogen) atoms. The second-order valence-electron chi connectivity index (χ2n) is 3.72. The molecule has 0 saturated heterocycles. The molecule has 3 nitrogen and oxygen atoms in total. The summed E-state index contributed by atoms with van der Waals surface area (Å²) in [6, 6.07) is 5.96. The number of ether oxygens (including phenoxy) is 1. The molecule has 1 rings (SSSR count). The Bertz CT molecular complexity index is 312. The van der Waals surface area contributed by atoms with Crippen LogP contribution in [0.3, 0.4) is 0 Å². The Kier molecular flexibility index (Phi) is 4.59. The van der Waals surface area contributed by atoms with Crippen molar-refractivity contribution in [3.8, 4) is 5.75 Å². The maximum absolute atomic E-state index is 9.25. The van der Waals surface area contributed by atoms with Crippen molar-refractivity contribution in [3.63, 3.8) is 0 Å². The summed E-state index contributed by atoms with van der Waals surface area (Å²) in [5, 5.41) is 9.25. The van der Waals surface area contributed by atoms with Gasteiger partial charge in [-0.05, 0) is 31.0 Å². The van der Waals surface area contributed by atoms with Crippen molar-refractivity contribution in [2.75, 3.05) is 13.2 Å². The maximum Gasteiger partial charge on any atom is 0.122 e. The second-order valence-corrected chi connectivity index (χ2v) is 3.72. The number of hydrogen-bond donors (Lipinski definition) is 2. The largest absolute Gasteiger partial charge is 0.493 e. The van der Waals surface area contributed by atoms with Gasteiger partial charge in [-0.1, -0.05) is 12.1 Å². The van der Waals surface area contributed by atoms with Crippen molar-refractivity contribution in [2.45, 2.75) is 26.4 Å². The van der Waals surface area contributed by atoms with Crippen LogP contribution in [0.1, 0.15) is 17.5 Å². The van der Waals surface area contributed by atoms with Gasteiger partial charge in [-0.2, -0.15) is 0 Å². The van der Waals surface area contributed by atoms with Crippen LogP contribution in [0.4, 0.5) is 0 Å². The van der Waals surface area contributed by atoms with Crippen LogP contribution >= 0.6 is 0 Å². The summed E-state index contributed by atoms with van der Waals surface area (Å²) in [6.45, 7) is 4.87. The lowest BCUT2D eigenvalue weighted by molar-refractivity contribution is 0.146. The first kappa shape index (κ1) is 12.0. The predicted octanol–water partition coefficient (Wildman–Crippen LogP) is 1.39. The third-order valence-electron chi connectivity index (χ3n) is 2.54. The molecule has 0 aromatic heterocycles. The highest BCUT2D eigenvalue weighted by Gasteiger charge is 2.04. The molecule has 0 heterocycles. The molecule has 1 unspecified atom stereocenters. The summed E-state index contributed by atoms with van der Waals surface area (Å²) in [5.74, 6) is 0.888. The molecule has 0 spiro atoms. The first-order chi connectivity index (χ1) is 7.15. The summed E-state index contributed by atoms with van der Waals surface area (Å²) >= 11 is 0. The smallest absolute Gasteiger partial charge is 0.122 e. The van der Waals surface area contributed by atoms with Crippen molar-refractivity contribution in [1.82, 2.24) is 0 Å². The molecule has 0 saturated carbocycles. The minimum atomic E-state index is -0.463. The van der Waals surface area contributed by atoms with E-state index in [9.17, 15) is 5.11 Å². The van der Waals surface area contributed by atoms with Gasteiger partial charge in [-0.25, -0.2) is 0 Å². The van der Waals surface area contributed by atoms with E-state index >= 15 is 0 Å². The van der Waals surface area contributed by atoms with Gasteiger partial charge in [0.25, 0.3) is 0 Å². The number of benzene rings is 1. The molecule has 0 bridgehead atoms. The topological polar surface area (TPSA) is 55.5 Å². The van der Waals surface area contributed by atoms with Crippen LogP contribution in [-0.2, 0) is 0 Å². The zero-order valence-electron chi connectivity index (χ0n) is 9.36. The van der Waals surface area contributed by atoms with Gasteiger partial charge in [-0.3, -0.25) is 0 Å². The highest BCUT2D eigenvalue weighted by Crippen LogP contribution is 2.20. The molecule has 0 radical (unpaired) electrons. The number of aliphatic hydroxyl groups is 1. The van der Waals surface area contributed by atoms with Crippen LogP contribution in [0.15, 0.2) is 18.2 Å². The van der Waals surface area contributed by atoms with Crippen LogP contribution in [-0.4, -0.2) is 24.4 Å². The van der Waals surface area contributed by atoms with Gasteiger partial charge < -0.3 is 15.6 Å². The monoisotopic (exact) mass is 209 g/mol. The highest BCUT2D eigenvalue weighted by molar-refractivity contribution is 5.38. The van der Waals surface area contributed by atoms with Crippen molar-refractivity contribution in [2.24, 2.45) is 5.73 Å². The minimum Gasteiger partial charge on any atom is -0.493 e. The van der Waals surface area contributed by atoms with E-state index in [1.165, 1.54) is 5.56 Å². The van der Waals surface area contributed by atoms with Gasteiger partial charge in [0.05, 0.1) is 12.7 Å². The molecule has 1 atom stereocenters. The fourth-order valence-corrected chi connectivity index (χ4v) is 1.30. The van der Waals surface area contributed by atoms with E-state index < -0.39 is 6.10 Å². The Balaban J connectivity index is 2.47. The molecule has 1 aromatic carbocycles. The SMILES string of the molecule is Cc1cccc(OCCC(O)CN)c1C. The first-order valence-corrected chi connectivity index (χ1v) is 5.22. The number of aryl methyl sites for hydroxylation is 1. The van der Waals surface area contributed by atoms with Crippen LogP contribution < -0.4 is 10.5 Å². The molecular formula is C12H19NO2. The molecule has 0 fully saturated rings. The van der Waals surface area contributed by atoms with E-state index in [-0.39, 0.29) is 6.54 Å². The molecule has 3 heteroatoms. The van der Waals surface area contributed by atoms with E-state index in [1.807, 2.05) is 19.1 Å². The summed E-state index contributed by atoms with van der Waals surface area (Å²) in [6.07, 6.45) is 0.110. The Hall–Kier alpha value is -1.06. The molecule has 1 aromatic rings. The Morgan fingerprint density at radius 3 is 2.80 bits per heavy atom. The van der Waals surface area contributed by atoms with E-state index in [2.05, 4.69) is 13.0 Å². The van der Waals surface area contributed by atoms with Crippen molar-refractivity contribution >= 4 is 0 Å². The average Bonchev–Trinajstić information content (AvgIpc) is 2.24. The van der Waals surface area contributed by atoms with Gasteiger partial charge in [0.2, 0.25) is 0 Å². The van der Waals surface area contributed by atoms with Crippen LogP contribution in [0.5, 0.6) is 5.75 Å². The Morgan fingerprint density at radius 2 is 2.13 bits per heavy atom. The zero-order valence-corrected chi connectivity index (χ0v) is 9.36. The van der Waals surface area contributed by atoms with Crippen LogP contribution in [0.2, 0.25) is 0 Å². The Morgan fingerprint density at radius 1 is 1.40 bits per heavy atom. The predicted molar refractivity (Wildman–Crippen MR) is 61.1 cm³/mol. The van der Waals surface area contributed by atoms with Crippen LogP contribution in [0, 0.1) is 13.8 Å². The van der Waals surface area contributed by atoms with Gasteiger partial charge in [0.1, 0.15) is 5.75 Å². The summed E-state index contributed by atoms with van der Waals surface area (Å²) in [7, 11) is 0. The maximum atomic E-state index is 9.25. The summed E-state index contributed by atoms with van der Waals surface area (Å²) < 4.78 is 5.57. The van der Waals surface area contributed by atoms with E-state index in [4.69, 9.17) is 10.5 Å². The number of hydrogen-bond acceptors (Lipinski definition) is 3. The average molecular weight is 209 g/mol. The first-order valence-electron chi connectivity index (χ1n) is 5.22. The molecule has 0 aliphatic rings. The Labute approximate surface area is 90.9 Å². The fourth-order valence-electron chi connectivity index (χ4n) is 1.30. The molecular weight excluding hydrogens is 190 g/mol.